The highest BCUT2D eigenvalue weighted by molar-refractivity contribution is 6.07. The number of anilines is 1. The molecule has 0 radical (unpaired) electrons. The Balaban J connectivity index is 1.67. The molecule has 4 aromatic rings. The molecule has 0 spiro atoms. The first-order valence-electron chi connectivity index (χ1n) is 10.3. The molecule has 3 nitrogen and oxygen atoms in total. The van der Waals surface area contributed by atoms with Crippen molar-refractivity contribution in [2.75, 3.05) is 11.9 Å². The number of ether oxygens (including phenoxy) is 1. The lowest BCUT2D eigenvalue weighted by Gasteiger charge is -2.20. The summed E-state index contributed by atoms with van der Waals surface area (Å²) in [6.45, 7) is 2.36. The maximum Gasteiger partial charge on any atom is 0.258 e. The van der Waals surface area contributed by atoms with Gasteiger partial charge < -0.3 is 9.64 Å². The summed E-state index contributed by atoms with van der Waals surface area (Å²) in [6, 6.07) is 33.7. The fraction of sp³-hybridized carbons (Fsp3) is 0.107. The van der Waals surface area contributed by atoms with Crippen LogP contribution in [0.3, 0.4) is 0 Å². The summed E-state index contributed by atoms with van der Waals surface area (Å²) in [5, 5.41) is 0. The first-order chi connectivity index (χ1) is 15.1. The summed E-state index contributed by atoms with van der Waals surface area (Å²) in [7, 11) is 1.80. The third kappa shape index (κ3) is 4.84. The van der Waals surface area contributed by atoms with Crippen LogP contribution in [0, 0.1) is 6.92 Å². The Morgan fingerprint density at radius 1 is 0.774 bits per heavy atom. The molecule has 3 heteroatoms. The van der Waals surface area contributed by atoms with Crippen LogP contribution in [0.1, 0.15) is 21.5 Å². The van der Waals surface area contributed by atoms with Crippen molar-refractivity contribution in [3.05, 3.63) is 120 Å². The molecular weight excluding hydrogens is 382 g/mol. The Bertz CT molecular complexity index is 1150. The van der Waals surface area contributed by atoms with E-state index >= 15 is 0 Å². The van der Waals surface area contributed by atoms with Gasteiger partial charge in [-0.3, -0.25) is 4.79 Å². The van der Waals surface area contributed by atoms with Crippen LogP contribution in [0.15, 0.2) is 103 Å². The van der Waals surface area contributed by atoms with Crippen molar-refractivity contribution in [3.63, 3.8) is 0 Å². The standard InChI is InChI=1S/C28H25NO2/c1-21-13-16-26(17-14-21)31-20-24-19-23(22-9-5-3-6-10-22)15-18-27(24)28(30)29(2)25-11-7-4-8-12-25/h3-19H,20H2,1-2H3. The SMILES string of the molecule is Cc1ccc(OCc2cc(-c3ccccc3)ccc2C(=O)N(C)c2ccccc2)cc1. The molecule has 0 heterocycles. The van der Waals surface area contributed by atoms with Crippen molar-refractivity contribution in [1.29, 1.82) is 0 Å². The Morgan fingerprint density at radius 2 is 1.42 bits per heavy atom. The molecule has 0 fully saturated rings. The number of amides is 1. The van der Waals surface area contributed by atoms with E-state index in [9.17, 15) is 4.79 Å². The number of rotatable bonds is 6. The Morgan fingerprint density at radius 3 is 2.10 bits per heavy atom. The molecule has 0 aliphatic rings. The molecule has 31 heavy (non-hydrogen) atoms. The molecule has 0 aromatic heterocycles. The van der Waals surface area contributed by atoms with Gasteiger partial charge in [-0.1, -0.05) is 72.3 Å². The number of hydrogen-bond donors (Lipinski definition) is 0. The summed E-state index contributed by atoms with van der Waals surface area (Å²) in [4.78, 5) is 15.0. The first kappa shape index (κ1) is 20.4. The zero-order valence-electron chi connectivity index (χ0n) is 17.8. The van der Waals surface area contributed by atoms with Crippen molar-refractivity contribution < 1.29 is 9.53 Å². The molecule has 0 bridgehead atoms. The fourth-order valence-corrected chi connectivity index (χ4v) is 3.48. The van der Waals surface area contributed by atoms with E-state index in [1.807, 2.05) is 91.9 Å². The van der Waals surface area contributed by atoms with E-state index in [4.69, 9.17) is 4.74 Å². The lowest BCUT2D eigenvalue weighted by Crippen LogP contribution is -2.27. The minimum absolute atomic E-state index is 0.0617. The average molecular weight is 408 g/mol. The zero-order chi connectivity index (χ0) is 21.6. The molecule has 0 N–H and O–H groups in total. The van der Waals surface area contributed by atoms with Gasteiger partial charge in [0.2, 0.25) is 0 Å². The molecule has 0 atom stereocenters. The van der Waals surface area contributed by atoms with Gasteiger partial charge >= 0.3 is 0 Å². The average Bonchev–Trinajstić information content (AvgIpc) is 2.84. The topological polar surface area (TPSA) is 29.5 Å². The highest BCUT2D eigenvalue weighted by Gasteiger charge is 2.18. The molecule has 0 unspecified atom stereocenters. The van der Waals surface area contributed by atoms with E-state index in [1.165, 1.54) is 5.56 Å². The van der Waals surface area contributed by atoms with Crippen molar-refractivity contribution in [3.8, 4) is 16.9 Å². The molecule has 0 aliphatic carbocycles. The normalized spacial score (nSPS) is 10.5. The van der Waals surface area contributed by atoms with E-state index in [0.717, 1.165) is 28.1 Å². The van der Waals surface area contributed by atoms with Crippen LogP contribution in [0.5, 0.6) is 5.75 Å². The monoisotopic (exact) mass is 407 g/mol. The highest BCUT2D eigenvalue weighted by atomic mass is 16.5. The van der Waals surface area contributed by atoms with Crippen molar-refractivity contribution in [2.24, 2.45) is 0 Å². The summed E-state index contributed by atoms with van der Waals surface area (Å²) >= 11 is 0. The van der Waals surface area contributed by atoms with E-state index in [-0.39, 0.29) is 5.91 Å². The number of carbonyl (C=O) groups is 1. The minimum Gasteiger partial charge on any atom is -0.489 e. The third-order valence-electron chi connectivity index (χ3n) is 5.31. The summed E-state index contributed by atoms with van der Waals surface area (Å²) in [5.74, 6) is 0.721. The molecule has 0 saturated carbocycles. The highest BCUT2D eigenvalue weighted by Crippen LogP contribution is 2.26. The molecule has 4 rings (SSSR count). The van der Waals surface area contributed by atoms with Gasteiger partial charge in [0.1, 0.15) is 12.4 Å². The van der Waals surface area contributed by atoms with Crippen LogP contribution in [0.2, 0.25) is 0 Å². The largest absolute Gasteiger partial charge is 0.489 e. The van der Waals surface area contributed by atoms with Gasteiger partial charge in [0.15, 0.2) is 0 Å². The van der Waals surface area contributed by atoms with Gasteiger partial charge in [0.25, 0.3) is 5.91 Å². The molecule has 0 saturated heterocycles. The van der Waals surface area contributed by atoms with Crippen LogP contribution in [0.4, 0.5) is 5.69 Å². The quantitative estimate of drug-likeness (QED) is 0.364. The van der Waals surface area contributed by atoms with Crippen LogP contribution >= 0.6 is 0 Å². The van der Waals surface area contributed by atoms with Crippen LogP contribution in [-0.2, 0) is 6.61 Å². The number of carbonyl (C=O) groups excluding carboxylic acids is 1. The van der Waals surface area contributed by atoms with E-state index in [1.54, 1.807) is 11.9 Å². The number of nitrogens with zero attached hydrogens (tertiary/aromatic N) is 1. The zero-order valence-corrected chi connectivity index (χ0v) is 17.8. The number of para-hydroxylation sites is 1. The second-order valence-electron chi connectivity index (χ2n) is 7.54. The van der Waals surface area contributed by atoms with E-state index < -0.39 is 0 Å². The first-order valence-corrected chi connectivity index (χ1v) is 10.3. The molecule has 0 aliphatic heterocycles. The van der Waals surface area contributed by atoms with Gasteiger partial charge in [0.05, 0.1) is 0 Å². The molecule has 154 valence electrons. The smallest absolute Gasteiger partial charge is 0.258 e. The number of hydrogen-bond acceptors (Lipinski definition) is 2. The lowest BCUT2D eigenvalue weighted by molar-refractivity contribution is 0.0990. The number of aryl methyl sites for hydroxylation is 1. The molecular formula is C28H25NO2. The Labute approximate surface area is 183 Å². The van der Waals surface area contributed by atoms with E-state index in [2.05, 4.69) is 18.2 Å². The van der Waals surface area contributed by atoms with Crippen molar-refractivity contribution in [2.45, 2.75) is 13.5 Å². The predicted molar refractivity (Wildman–Crippen MR) is 127 cm³/mol. The van der Waals surface area contributed by atoms with Crippen LogP contribution in [0.25, 0.3) is 11.1 Å². The predicted octanol–water partition coefficient (Wildman–Crippen LogP) is 6.52. The van der Waals surface area contributed by atoms with Crippen LogP contribution in [-0.4, -0.2) is 13.0 Å². The van der Waals surface area contributed by atoms with E-state index in [0.29, 0.717) is 12.2 Å². The van der Waals surface area contributed by atoms with Gasteiger partial charge in [-0.25, -0.2) is 0 Å². The van der Waals surface area contributed by atoms with Crippen molar-refractivity contribution >= 4 is 11.6 Å². The van der Waals surface area contributed by atoms with Gasteiger partial charge in [-0.2, -0.15) is 0 Å². The van der Waals surface area contributed by atoms with Gasteiger partial charge in [-0.15, -0.1) is 0 Å². The lowest BCUT2D eigenvalue weighted by atomic mass is 9.98. The second kappa shape index (κ2) is 9.31. The molecule has 1 amide bonds. The van der Waals surface area contributed by atoms with Gasteiger partial charge in [0, 0.05) is 23.9 Å². The number of benzene rings is 4. The van der Waals surface area contributed by atoms with Crippen molar-refractivity contribution in [1.82, 2.24) is 0 Å². The second-order valence-corrected chi connectivity index (χ2v) is 7.54. The minimum atomic E-state index is -0.0617. The Kier molecular flexibility index (Phi) is 6.13. The maximum atomic E-state index is 13.3. The summed E-state index contributed by atoms with van der Waals surface area (Å²) in [5.41, 5.74) is 5.69. The summed E-state index contributed by atoms with van der Waals surface area (Å²) in [6.07, 6.45) is 0. The fourth-order valence-electron chi connectivity index (χ4n) is 3.48. The third-order valence-corrected chi connectivity index (χ3v) is 5.31. The summed E-state index contributed by atoms with van der Waals surface area (Å²) < 4.78 is 6.04. The van der Waals surface area contributed by atoms with Gasteiger partial charge in [-0.05, 0) is 54.4 Å². The maximum absolute atomic E-state index is 13.3. The van der Waals surface area contributed by atoms with Crippen LogP contribution < -0.4 is 9.64 Å². The Hall–Kier alpha value is -3.85. The molecule has 4 aromatic carbocycles.